The number of hydrogen-bond acceptors (Lipinski definition) is 4. The summed E-state index contributed by atoms with van der Waals surface area (Å²) in [4.78, 5) is 26.4. The Morgan fingerprint density at radius 1 is 1.00 bits per heavy atom. The lowest BCUT2D eigenvalue weighted by atomic mass is 10.1. The van der Waals surface area contributed by atoms with Gasteiger partial charge in [0, 0.05) is 6.54 Å². The molecule has 2 aromatic heterocycles. The second-order valence-electron chi connectivity index (χ2n) is 8.02. The lowest BCUT2D eigenvalue weighted by Gasteiger charge is -2.17. The number of amides is 1. The predicted octanol–water partition coefficient (Wildman–Crippen LogP) is 3.77. The predicted molar refractivity (Wildman–Crippen MR) is 125 cm³/mol. The molecule has 0 aliphatic carbocycles. The molecule has 1 N–H and O–H groups in total. The van der Waals surface area contributed by atoms with Crippen LogP contribution in [-0.4, -0.2) is 25.5 Å². The first-order chi connectivity index (χ1) is 15.4. The van der Waals surface area contributed by atoms with E-state index in [4.69, 9.17) is 0 Å². The highest BCUT2D eigenvalue weighted by Gasteiger charge is 2.25. The molecular weight excluding hydrogens is 402 g/mol. The van der Waals surface area contributed by atoms with Gasteiger partial charge in [-0.1, -0.05) is 55.0 Å². The van der Waals surface area contributed by atoms with Crippen molar-refractivity contribution in [1.82, 2.24) is 24.9 Å². The number of benzene rings is 2. The maximum Gasteiger partial charge on any atom is 0.278 e. The van der Waals surface area contributed by atoms with E-state index in [0.717, 1.165) is 22.5 Å². The molecule has 0 saturated heterocycles. The first kappa shape index (κ1) is 21.5. The lowest BCUT2D eigenvalue weighted by molar-refractivity contribution is -0.125. The molecule has 4 aromatic rings. The topological polar surface area (TPSA) is 81.8 Å². The molecule has 32 heavy (non-hydrogen) atoms. The number of rotatable bonds is 6. The van der Waals surface area contributed by atoms with Crippen LogP contribution >= 0.6 is 0 Å². The Balaban J connectivity index is 1.70. The van der Waals surface area contributed by atoms with Gasteiger partial charge >= 0.3 is 0 Å². The van der Waals surface area contributed by atoms with Crippen LogP contribution in [0, 0.1) is 20.8 Å². The van der Waals surface area contributed by atoms with Gasteiger partial charge in [-0.05, 0) is 44.9 Å². The Hall–Kier alpha value is -3.74. The van der Waals surface area contributed by atoms with Gasteiger partial charge < -0.3 is 5.32 Å². The summed E-state index contributed by atoms with van der Waals surface area (Å²) in [5, 5.41) is 12.6. The number of para-hydroxylation sites is 1. The highest BCUT2D eigenvalue weighted by atomic mass is 16.2. The molecule has 0 saturated carbocycles. The van der Waals surface area contributed by atoms with E-state index in [2.05, 4.69) is 15.5 Å². The first-order valence-electron chi connectivity index (χ1n) is 10.8. The maximum atomic E-state index is 13.4. The number of fused-ring (bicyclic) bond motifs is 1. The van der Waals surface area contributed by atoms with Crippen LogP contribution in [-0.2, 0) is 11.3 Å². The van der Waals surface area contributed by atoms with Crippen LogP contribution < -0.4 is 10.9 Å². The van der Waals surface area contributed by atoms with Gasteiger partial charge in [0.1, 0.15) is 11.6 Å². The van der Waals surface area contributed by atoms with Crippen LogP contribution in [0.2, 0.25) is 0 Å². The molecule has 0 unspecified atom stereocenters. The van der Waals surface area contributed by atoms with Gasteiger partial charge in [-0.25, -0.2) is 9.36 Å². The van der Waals surface area contributed by atoms with Crippen molar-refractivity contribution in [3.8, 4) is 5.69 Å². The fraction of sp³-hybridized carbons (Fsp3) is 0.280. The third-order valence-corrected chi connectivity index (χ3v) is 5.71. The molecule has 4 rings (SSSR count). The van der Waals surface area contributed by atoms with E-state index >= 15 is 0 Å². The average Bonchev–Trinajstić information content (AvgIpc) is 3.16. The van der Waals surface area contributed by atoms with Gasteiger partial charge in [-0.2, -0.15) is 10.2 Å². The summed E-state index contributed by atoms with van der Waals surface area (Å²) >= 11 is 0. The smallest absolute Gasteiger partial charge is 0.278 e. The minimum absolute atomic E-state index is 0.227. The summed E-state index contributed by atoms with van der Waals surface area (Å²) < 4.78 is 3.07. The Bertz CT molecular complexity index is 1320. The molecule has 0 aliphatic heterocycles. The number of aryl methyl sites for hydroxylation is 3. The molecule has 0 bridgehead atoms. The second kappa shape index (κ2) is 8.78. The normalized spacial score (nSPS) is 12.1. The average molecular weight is 430 g/mol. The maximum absolute atomic E-state index is 13.4. The summed E-state index contributed by atoms with van der Waals surface area (Å²) in [6.45, 7) is 7.98. The molecule has 0 radical (unpaired) electrons. The van der Waals surface area contributed by atoms with Crippen molar-refractivity contribution in [2.75, 3.05) is 0 Å². The number of hydrogen-bond donors (Lipinski definition) is 1. The van der Waals surface area contributed by atoms with Crippen LogP contribution in [0.3, 0.4) is 0 Å². The second-order valence-corrected chi connectivity index (χ2v) is 8.02. The third-order valence-electron chi connectivity index (χ3n) is 5.71. The highest BCUT2D eigenvalue weighted by Crippen LogP contribution is 2.21. The molecule has 2 aromatic carbocycles. The van der Waals surface area contributed by atoms with Crippen LogP contribution in [0.25, 0.3) is 16.6 Å². The zero-order chi connectivity index (χ0) is 22.8. The van der Waals surface area contributed by atoms with Gasteiger partial charge in [-0.3, -0.25) is 9.59 Å². The van der Waals surface area contributed by atoms with Crippen molar-refractivity contribution in [3.63, 3.8) is 0 Å². The molecule has 7 heteroatoms. The number of nitrogens with zero attached hydrogens (tertiary/aromatic N) is 4. The molecule has 0 fully saturated rings. The Morgan fingerprint density at radius 3 is 2.34 bits per heavy atom. The zero-order valence-corrected chi connectivity index (χ0v) is 18.8. The van der Waals surface area contributed by atoms with Gasteiger partial charge in [-0.15, -0.1) is 0 Å². The number of carbonyl (C=O) groups excluding carboxylic acids is 1. The van der Waals surface area contributed by atoms with Crippen LogP contribution in [0.15, 0.2) is 59.4 Å². The van der Waals surface area contributed by atoms with E-state index in [-0.39, 0.29) is 11.5 Å². The molecule has 164 valence electrons. The van der Waals surface area contributed by atoms with Gasteiger partial charge in [0.05, 0.1) is 22.5 Å². The van der Waals surface area contributed by atoms with Gasteiger partial charge in [0.2, 0.25) is 5.91 Å². The first-order valence-corrected chi connectivity index (χ1v) is 10.8. The van der Waals surface area contributed by atoms with Crippen LogP contribution in [0.5, 0.6) is 0 Å². The molecule has 1 atom stereocenters. The molecule has 2 heterocycles. The Kier molecular flexibility index (Phi) is 5.90. The van der Waals surface area contributed by atoms with Gasteiger partial charge in [0.25, 0.3) is 5.56 Å². The minimum atomic E-state index is -0.699. The largest absolute Gasteiger partial charge is 0.350 e. The standard InChI is InChI=1S/C25H27N5O2/c1-5-21(24(31)26-15-19-13-11-16(2)12-14-19)30-25(32)22-18(4)29(20-9-7-6-8-10-20)28-23(22)17(3)27-30/h6-14,21H,5,15H2,1-4H3,(H,26,31)/t21-/m1/s1. The van der Waals surface area contributed by atoms with Crippen molar-refractivity contribution < 1.29 is 4.79 Å². The number of aromatic nitrogens is 4. The van der Waals surface area contributed by atoms with Crippen molar-refractivity contribution in [3.05, 3.63) is 87.5 Å². The molecule has 0 aliphatic rings. The molecule has 1 amide bonds. The monoisotopic (exact) mass is 429 g/mol. The quantitative estimate of drug-likeness (QED) is 0.506. The van der Waals surface area contributed by atoms with Crippen molar-refractivity contribution in [2.24, 2.45) is 0 Å². The summed E-state index contributed by atoms with van der Waals surface area (Å²) in [5.41, 5.74) is 4.63. The summed E-state index contributed by atoms with van der Waals surface area (Å²) in [6.07, 6.45) is 0.448. The van der Waals surface area contributed by atoms with Crippen molar-refractivity contribution >= 4 is 16.8 Å². The Morgan fingerprint density at radius 2 is 1.69 bits per heavy atom. The van der Waals surface area contributed by atoms with E-state index in [1.165, 1.54) is 4.68 Å². The van der Waals surface area contributed by atoms with Crippen molar-refractivity contribution in [1.29, 1.82) is 0 Å². The van der Waals surface area contributed by atoms with E-state index in [1.54, 1.807) is 4.68 Å². The molecule has 0 spiro atoms. The van der Waals surface area contributed by atoms with Crippen molar-refractivity contribution in [2.45, 2.75) is 46.7 Å². The van der Waals surface area contributed by atoms with E-state index in [9.17, 15) is 9.59 Å². The van der Waals surface area contributed by atoms with E-state index < -0.39 is 6.04 Å². The molecular formula is C25H27N5O2. The van der Waals surface area contributed by atoms with Crippen LogP contribution in [0.4, 0.5) is 0 Å². The van der Waals surface area contributed by atoms with Crippen LogP contribution in [0.1, 0.15) is 41.9 Å². The third kappa shape index (κ3) is 3.93. The minimum Gasteiger partial charge on any atom is -0.350 e. The van der Waals surface area contributed by atoms with E-state index in [1.807, 2.05) is 82.3 Å². The highest BCUT2D eigenvalue weighted by molar-refractivity contribution is 5.84. The Labute approximate surface area is 186 Å². The van der Waals surface area contributed by atoms with Gasteiger partial charge in [0.15, 0.2) is 0 Å². The fourth-order valence-electron chi connectivity index (χ4n) is 3.89. The number of carbonyl (C=O) groups is 1. The summed E-state index contributed by atoms with van der Waals surface area (Å²) in [5.74, 6) is -0.227. The lowest BCUT2D eigenvalue weighted by Crippen LogP contribution is -2.38. The number of nitrogens with one attached hydrogen (secondary N) is 1. The zero-order valence-electron chi connectivity index (χ0n) is 18.8. The summed E-state index contributed by atoms with van der Waals surface area (Å²) in [6, 6.07) is 17.0. The SMILES string of the molecule is CC[C@H](C(=O)NCc1ccc(C)cc1)n1nc(C)c2nn(-c3ccccc3)c(C)c2c1=O. The van der Waals surface area contributed by atoms with E-state index in [0.29, 0.717) is 29.6 Å². The summed E-state index contributed by atoms with van der Waals surface area (Å²) in [7, 11) is 0. The fourth-order valence-corrected chi connectivity index (χ4v) is 3.89. The molecule has 7 nitrogen and oxygen atoms in total.